The summed E-state index contributed by atoms with van der Waals surface area (Å²) in [6.45, 7) is 0. The van der Waals surface area contributed by atoms with Crippen LogP contribution >= 0.6 is 11.8 Å². The number of nitriles is 1. The minimum atomic E-state index is -0.547. The molecule has 10 rings (SSSR count). The molecule has 1 aliphatic heterocycles. The third kappa shape index (κ3) is 4.60. The van der Waals surface area contributed by atoms with Gasteiger partial charge in [-0.25, -0.2) is 9.97 Å². The average molecular weight is 680 g/mol. The highest BCUT2D eigenvalue weighted by Crippen LogP contribution is 2.62. The van der Waals surface area contributed by atoms with Crippen molar-refractivity contribution in [2.45, 2.75) is 15.2 Å². The molecule has 0 saturated carbocycles. The molecule has 0 saturated heterocycles. The molecule has 0 atom stereocenters. The fourth-order valence-electron chi connectivity index (χ4n) is 8.09. The van der Waals surface area contributed by atoms with Gasteiger partial charge in [-0.05, 0) is 68.8 Å². The Morgan fingerprint density at radius 3 is 1.63 bits per heavy atom. The van der Waals surface area contributed by atoms with E-state index in [9.17, 15) is 5.26 Å². The van der Waals surface area contributed by atoms with Crippen LogP contribution in [0, 0.1) is 11.3 Å². The second-order valence-electron chi connectivity index (χ2n) is 13.2. The van der Waals surface area contributed by atoms with Crippen molar-refractivity contribution in [3.05, 3.63) is 204 Å². The van der Waals surface area contributed by atoms with Crippen molar-refractivity contribution < 1.29 is 0 Å². The molecule has 7 aromatic carbocycles. The van der Waals surface area contributed by atoms with Crippen molar-refractivity contribution in [1.29, 1.82) is 5.26 Å². The zero-order valence-electron chi connectivity index (χ0n) is 28.0. The van der Waals surface area contributed by atoms with Crippen LogP contribution in [0.4, 0.5) is 0 Å². The first-order valence-corrected chi connectivity index (χ1v) is 18.2. The predicted octanol–water partition coefficient (Wildman–Crippen LogP) is 11.8. The summed E-state index contributed by atoms with van der Waals surface area (Å²) >= 11 is 1.71. The number of fused-ring (bicyclic) bond motifs is 9. The average Bonchev–Trinajstić information content (AvgIpc) is 3.52. The van der Waals surface area contributed by atoms with Crippen LogP contribution in [-0.4, -0.2) is 9.97 Å². The van der Waals surface area contributed by atoms with Gasteiger partial charge in [-0.3, -0.25) is 0 Å². The summed E-state index contributed by atoms with van der Waals surface area (Å²) in [4.78, 5) is 12.2. The fraction of sp³-hybridized carbons (Fsp3) is 0.0208. The molecule has 1 aromatic heterocycles. The van der Waals surface area contributed by atoms with Crippen molar-refractivity contribution in [3.8, 4) is 62.2 Å². The Bertz CT molecular complexity index is 2610. The summed E-state index contributed by atoms with van der Waals surface area (Å²) in [5.74, 6) is 0.704. The van der Waals surface area contributed by atoms with Crippen LogP contribution < -0.4 is 0 Å². The Kier molecular flexibility index (Phi) is 7.02. The molecule has 0 N–H and O–H groups in total. The van der Waals surface area contributed by atoms with Gasteiger partial charge in [-0.2, -0.15) is 5.26 Å². The molecule has 242 valence electrons. The van der Waals surface area contributed by atoms with E-state index in [-0.39, 0.29) is 0 Å². The van der Waals surface area contributed by atoms with E-state index >= 15 is 0 Å². The molecule has 8 aromatic rings. The van der Waals surface area contributed by atoms with E-state index in [2.05, 4.69) is 133 Å². The summed E-state index contributed by atoms with van der Waals surface area (Å²) in [6, 6.07) is 64.3. The number of nitrogens with zero attached hydrogens (tertiary/aromatic N) is 3. The number of hydrogen-bond donors (Lipinski definition) is 0. The molecule has 0 bridgehead atoms. The van der Waals surface area contributed by atoms with E-state index in [1.165, 1.54) is 38.3 Å². The second kappa shape index (κ2) is 12.1. The Labute approximate surface area is 307 Å². The summed E-state index contributed by atoms with van der Waals surface area (Å²) in [7, 11) is 0. The van der Waals surface area contributed by atoms with Gasteiger partial charge < -0.3 is 0 Å². The summed E-state index contributed by atoms with van der Waals surface area (Å²) in [6.07, 6.45) is 0. The van der Waals surface area contributed by atoms with Gasteiger partial charge in [0.15, 0.2) is 5.82 Å². The maximum absolute atomic E-state index is 10.2. The van der Waals surface area contributed by atoms with Gasteiger partial charge in [0.05, 0.1) is 22.4 Å². The van der Waals surface area contributed by atoms with Crippen molar-refractivity contribution in [3.63, 3.8) is 0 Å². The Hall–Kier alpha value is -6.54. The van der Waals surface area contributed by atoms with Crippen LogP contribution in [0.5, 0.6) is 0 Å². The minimum Gasteiger partial charge on any atom is -0.228 e. The van der Waals surface area contributed by atoms with Gasteiger partial charge in [-0.1, -0.05) is 163 Å². The quantitative estimate of drug-likeness (QED) is 0.186. The minimum absolute atomic E-state index is 0.547. The third-order valence-electron chi connectivity index (χ3n) is 10.4. The van der Waals surface area contributed by atoms with Crippen molar-refractivity contribution in [2.75, 3.05) is 0 Å². The Morgan fingerprint density at radius 1 is 0.442 bits per heavy atom. The first kappa shape index (κ1) is 30.3. The maximum Gasteiger partial charge on any atom is 0.160 e. The summed E-state index contributed by atoms with van der Waals surface area (Å²) in [5, 5.41) is 10.2. The third-order valence-corrected chi connectivity index (χ3v) is 11.6. The first-order chi connectivity index (χ1) is 25.7. The summed E-state index contributed by atoms with van der Waals surface area (Å²) in [5.41, 5.74) is 14.7. The molecule has 2 aliphatic rings. The number of rotatable bonds is 4. The zero-order chi connectivity index (χ0) is 34.6. The number of hydrogen-bond acceptors (Lipinski definition) is 4. The normalized spacial score (nSPS) is 13.1. The maximum atomic E-state index is 10.2. The standard InChI is InChI=1S/C48H29N3S/c49-30-36-16-11-21-41-46(36)52-45-27-26-35(28-42(45)48(41)39-19-9-7-17-37(39)38-18-8-10-20-40(38)48)31-22-24-33(25-23-31)44-29-43(32-12-3-1-4-13-32)50-47(51-44)34-14-5-2-6-15-34/h1-29H. The molecule has 1 aliphatic carbocycles. The molecule has 2 heterocycles. The molecule has 0 radical (unpaired) electrons. The van der Waals surface area contributed by atoms with Gasteiger partial charge in [-0.15, -0.1) is 0 Å². The molecule has 0 amide bonds. The van der Waals surface area contributed by atoms with E-state index < -0.39 is 5.41 Å². The zero-order valence-corrected chi connectivity index (χ0v) is 28.8. The lowest BCUT2D eigenvalue weighted by Crippen LogP contribution is -2.32. The van der Waals surface area contributed by atoms with Gasteiger partial charge in [0.25, 0.3) is 0 Å². The van der Waals surface area contributed by atoms with Crippen LogP contribution in [0.1, 0.15) is 27.8 Å². The molecular formula is C48H29N3S. The van der Waals surface area contributed by atoms with Gasteiger partial charge in [0, 0.05) is 26.5 Å². The van der Waals surface area contributed by atoms with Gasteiger partial charge >= 0.3 is 0 Å². The smallest absolute Gasteiger partial charge is 0.160 e. The highest BCUT2D eigenvalue weighted by Gasteiger charge is 2.50. The fourth-order valence-corrected chi connectivity index (χ4v) is 9.33. The lowest BCUT2D eigenvalue weighted by molar-refractivity contribution is 0.721. The molecule has 4 heteroatoms. The van der Waals surface area contributed by atoms with Gasteiger partial charge in [0.1, 0.15) is 6.07 Å². The first-order valence-electron chi connectivity index (χ1n) is 17.4. The highest BCUT2D eigenvalue weighted by molar-refractivity contribution is 7.99. The molecule has 0 fully saturated rings. The van der Waals surface area contributed by atoms with E-state index in [1.807, 2.05) is 48.5 Å². The highest BCUT2D eigenvalue weighted by atomic mass is 32.2. The lowest BCUT2D eigenvalue weighted by atomic mass is 9.66. The molecule has 3 nitrogen and oxygen atoms in total. The molecule has 0 unspecified atom stereocenters. The van der Waals surface area contributed by atoms with E-state index in [4.69, 9.17) is 9.97 Å². The van der Waals surface area contributed by atoms with Crippen LogP contribution in [0.15, 0.2) is 186 Å². The number of aromatic nitrogens is 2. The van der Waals surface area contributed by atoms with Crippen molar-refractivity contribution >= 4 is 11.8 Å². The predicted molar refractivity (Wildman–Crippen MR) is 210 cm³/mol. The van der Waals surface area contributed by atoms with E-state index in [0.29, 0.717) is 11.4 Å². The van der Waals surface area contributed by atoms with Crippen LogP contribution in [0.3, 0.4) is 0 Å². The summed E-state index contributed by atoms with van der Waals surface area (Å²) < 4.78 is 0. The Balaban J connectivity index is 1.12. The largest absolute Gasteiger partial charge is 0.228 e. The molecule has 1 spiro atoms. The van der Waals surface area contributed by atoms with Crippen LogP contribution in [-0.2, 0) is 5.41 Å². The van der Waals surface area contributed by atoms with Crippen molar-refractivity contribution in [1.82, 2.24) is 9.97 Å². The van der Waals surface area contributed by atoms with Crippen molar-refractivity contribution in [2.24, 2.45) is 0 Å². The number of benzene rings is 7. The van der Waals surface area contributed by atoms with E-state index in [0.717, 1.165) is 44.1 Å². The lowest BCUT2D eigenvalue weighted by Gasteiger charge is -2.40. The van der Waals surface area contributed by atoms with E-state index in [1.54, 1.807) is 11.8 Å². The topological polar surface area (TPSA) is 49.6 Å². The van der Waals surface area contributed by atoms with Crippen LogP contribution in [0.2, 0.25) is 0 Å². The monoisotopic (exact) mass is 679 g/mol. The Morgan fingerprint density at radius 2 is 0.981 bits per heavy atom. The SMILES string of the molecule is N#Cc1cccc2c1Sc1ccc(-c3ccc(-c4cc(-c5ccccc5)nc(-c5ccccc5)n4)cc3)cc1C21c2ccccc2-c2ccccc21. The second-order valence-corrected chi connectivity index (χ2v) is 14.3. The molecule has 52 heavy (non-hydrogen) atoms. The molecular weight excluding hydrogens is 651 g/mol. The van der Waals surface area contributed by atoms with Gasteiger partial charge in [0.2, 0.25) is 0 Å². The van der Waals surface area contributed by atoms with Crippen LogP contribution in [0.25, 0.3) is 56.2 Å².